The topological polar surface area (TPSA) is 50.4 Å². The molecule has 2 N–H and O–H groups in total. The predicted molar refractivity (Wildman–Crippen MR) is 51.2 cm³/mol. The molecule has 4 heteroatoms. The van der Waals surface area contributed by atoms with Crippen LogP contribution < -0.4 is 10.6 Å². The summed E-state index contributed by atoms with van der Waals surface area (Å²) in [5.74, 6) is 2.32. The van der Waals surface area contributed by atoms with Gasteiger partial charge in [-0.3, -0.25) is 10.1 Å². The summed E-state index contributed by atoms with van der Waals surface area (Å²) in [7, 11) is 0. The zero-order valence-corrected chi connectivity index (χ0v) is 7.93. The van der Waals surface area contributed by atoms with E-state index in [9.17, 15) is 4.79 Å². The highest BCUT2D eigenvalue weighted by atomic mass is 16.5. The Hall–Kier alpha value is -1.05. The second-order valence-corrected chi connectivity index (χ2v) is 2.35. The molecule has 0 fully saturated rings. The van der Waals surface area contributed by atoms with Gasteiger partial charge in [0.25, 0.3) is 0 Å². The van der Waals surface area contributed by atoms with E-state index in [1.54, 1.807) is 0 Å². The van der Waals surface area contributed by atoms with E-state index in [0.717, 1.165) is 0 Å². The zero-order chi connectivity index (χ0) is 9.94. The Kier molecular flexibility index (Phi) is 8.31. The molecule has 0 heterocycles. The molecule has 4 nitrogen and oxygen atoms in total. The van der Waals surface area contributed by atoms with Crippen LogP contribution in [0.1, 0.15) is 6.92 Å². The van der Waals surface area contributed by atoms with Crippen LogP contribution in [0.25, 0.3) is 0 Å². The van der Waals surface area contributed by atoms with Crippen LogP contribution in [0, 0.1) is 12.3 Å². The third-order valence-electron chi connectivity index (χ3n) is 1.29. The van der Waals surface area contributed by atoms with E-state index in [0.29, 0.717) is 26.3 Å². The summed E-state index contributed by atoms with van der Waals surface area (Å²) in [6.45, 7) is 4.36. The van der Waals surface area contributed by atoms with Crippen LogP contribution >= 0.6 is 0 Å². The second kappa shape index (κ2) is 9.04. The molecule has 0 aromatic rings. The van der Waals surface area contributed by atoms with E-state index in [1.165, 1.54) is 0 Å². The zero-order valence-electron chi connectivity index (χ0n) is 7.93. The molecule has 0 saturated heterocycles. The molecule has 0 radical (unpaired) electrons. The standard InChI is InChI=1S/C9H16N2O2/c1-3-5-10-8-9(12)11-6-7-13-4-2/h1,10H,4-8H2,2H3,(H,11,12). The number of carbonyl (C=O) groups excluding carboxylic acids is 1. The van der Waals surface area contributed by atoms with Crippen molar-refractivity contribution in [3.63, 3.8) is 0 Å². The fourth-order valence-corrected chi connectivity index (χ4v) is 0.718. The molecule has 0 rings (SSSR count). The molecule has 0 aliphatic rings. The first-order valence-electron chi connectivity index (χ1n) is 4.30. The summed E-state index contributed by atoms with van der Waals surface area (Å²) in [6.07, 6.45) is 4.99. The molecule has 0 unspecified atom stereocenters. The van der Waals surface area contributed by atoms with E-state index in [-0.39, 0.29) is 12.5 Å². The van der Waals surface area contributed by atoms with Gasteiger partial charge in [-0.05, 0) is 6.92 Å². The Bertz CT molecular complexity index is 175. The van der Waals surface area contributed by atoms with Crippen LogP contribution in [0.5, 0.6) is 0 Å². The molecule has 0 aromatic heterocycles. The minimum atomic E-state index is -0.0602. The number of amides is 1. The molecule has 0 bridgehead atoms. The molecule has 1 amide bonds. The average Bonchev–Trinajstić information content (AvgIpc) is 2.13. The lowest BCUT2D eigenvalue weighted by Gasteiger charge is -2.04. The molecule has 0 aliphatic carbocycles. The van der Waals surface area contributed by atoms with Crippen molar-refractivity contribution in [1.29, 1.82) is 0 Å². The highest BCUT2D eigenvalue weighted by Gasteiger charge is 1.97. The van der Waals surface area contributed by atoms with Gasteiger partial charge in [0.1, 0.15) is 0 Å². The lowest BCUT2D eigenvalue weighted by Crippen LogP contribution is -2.35. The number of carbonyl (C=O) groups is 1. The van der Waals surface area contributed by atoms with E-state index < -0.39 is 0 Å². The summed E-state index contributed by atoms with van der Waals surface area (Å²) in [6, 6.07) is 0. The highest BCUT2D eigenvalue weighted by molar-refractivity contribution is 5.77. The van der Waals surface area contributed by atoms with E-state index in [4.69, 9.17) is 11.2 Å². The predicted octanol–water partition coefficient (Wildman–Crippen LogP) is -0.638. The summed E-state index contributed by atoms with van der Waals surface area (Å²) in [5, 5.41) is 5.47. The van der Waals surface area contributed by atoms with Gasteiger partial charge in [0, 0.05) is 13.2 Å². The van der Waals surface area contributed by atoms with Crippen LogP contribution in [-0.4, -0.2) is 38.8 Å². The normalized spacial score (nSPS) is 9.23. The van der Waals surface area contributed by atoms with Crippen LogP contribution in [0.3, 0.4) is 0 Å². The van der Waals surface area contributed by atoms with E-state index >= 15 is 0 Å². The first-order chi connectivity index (χ1) is 6.31. The van der Waals surface area contributed by atoms with Gasteiger partial charge in [-0.15, -0.1) is 6.42 Å². The van der Waals surface area contributed by atoms with Crippen molar-refractivity contribution < 1.29 is 9.53 Å². The quantitative estimate of drug-likeness (QED) is 0.409. The lowest BCUT2D eigenvalue weighted by molar-refractivity contribution is -0.120. The molecule has 13 heavy (non-hydrogen) atoms. The summed E-state index contributed by atoms with van der Waals surface area (Å²) in [4.78, 5) is 11.0. The summed E-state index contributed by atoms with van der Waals surface area (Å²) < 4.78 is 5.04. The van der Waals surface area contributed by atoms with Gasteiger partial charge in [0.2, 0.25) is 5.91 Å². The van der Waals surface area contributed by atoms with Crippen molar-refractivity contribution in [3.05, 3.63) is 0 Å². The smallest absolute Gasteiger partial charge is 0.234 e. The van der Waals surface area contributed by atoms with Gasteiger partial charge in [-0.1, -0.05) is 5.92 Å². The Balaban J connectivity index is 3.16. The van der Waals surface area contributed by atoms with Crippen molar-refractivity contribution in [2.75, 3.05) is 32.8 Å². The van der Waals surface area contributed by atoms with E-state index in [2.05, 4.69) is 16.6 Å². The maximum absolute atomic E-state index is 11.0. The summed E-state index contributed by atoms with van der Waals surface area (Å²) >= 11 is 0. The maximum atomic E-state index is 11.0. The van der Waals surface area contributed by atoms with Gasteiger partial charge >= 0.3 is 0 Å². The number of rotatable bonds is 7. The second-order valence-electron chi connectivity index (χ2n) is 2.35. The molecular formula is C9H16N2O2. The minimum Gasteiger partial charge on any atom is -0.380 e. The number of terminal acetylenes is 1. The SMILES string of the molecule is C#CCNCC(=O)NCCOCC. The summed E-state index contributed by atoms with van der Waals surface area (Å²) in [5.41, 5.74) is 0. The minimum absolute atomic E-state index is 0.0602. The number of hydrogen-bond acceptors (Lipinski definition) is 3. The first-order valence-corrected chi connectivity index (χ1v) is 4.30. The van der Waals surface area contributed by atoms with Gasteiger partial charge in [-0.2, -0.15) is 0 Å². The van der Waals surface area contributed by atoms with E-state index in [1.807, 2.05) is 6.92 Å². The fourth-order valence-electron chi connectivity index (χ4n) is 0.718. The van der Waals surface area contributed by atoms with Crippen molar-refractivity contribution in [1.82, 2.24) is 10.6 Å². The Morgan fingerprint density at radius 2 is 2.38 bits per heavy atom. The molecule has 0 aliphatic heterocycles. The molecule has 0 spiro atoms. The molecule has 0 aromatic carbocycles. The fraction of sp³-hybridized carbons (Fsp3) is 0.667. The lowest BCUT2D eigenvalue weighted by atomic mass is 10.5. The Morgan fingerprint density at radius 1 is 1.62 bits per heavy atom. The van der Waals surface area contributed by atoms with Gasteiger partial charge in [0.05, 0.1) is 19.7 Å². The van der Waals surface area contributed by atoms with Crippen molar-refractivity contribution >= 4 is 5.91 Å². The molecule has 0 atom stereocenters. The number of hydrogen-bond donors (Lipinski definition) is 2. The average molecular weight is 184 g/mol. The third kappa shape index (κ3) is 8.86. The maximum Gasteiger partial charge on any atom is 0.234 e. The number of ether oxygens (including phenoxy) is 1. The van der Waals surface area contributed by atoms with Gasteiger partial charge < -0.3 is 10.1 Å². The van der Waals surface area contributed by atoms with Gasteiger partial charge in [-0.25, -0.2) is 0 Å². The molecule has 0 saturated carbocycles. The molecule has 74 valence electrons. The molecular weight excluding hydrogens is 168 g/mol. The van der Waals surface area contributed by atoms with Crippen LogP contribution in [0.4, 0.5) is 0 Å². The van der Waals surface area contributed by atoms with Crippen molar-refractivity contribution in [2.45, 2.75) is 6.92 Å². The highest BCUT2D eigenvalue weighted by Crippen LogP contribution is 1.71. The number of nitrogens with one attached hydrogen (secondary N) is 2. The van der Waals surface area contributed by atoms with Crippen LogP contribution in [0.15, 0.2) is 0 Å². The monoisotopic (exact) mass is 184 g/mol. The van der Waals surface area contributed by atoms with Crippen molar-refractivity contribution in [2.24, 2.45) is 0 Å². The van der Waals surface area contributed by atoms with Crippen molar-refractivity contribution in [3.8, 4) is 12.3 Å². The first kappa shape index (κ1) is 11.9. The van der Waals surface area contributed by atoms with Crippen LogP contribution in [0.2, 0.25) is 0 Å². The Labute approximate surface area is 79.0 Å². The third-order valence-corrected chi connectivity index (χ3v) is 1.29. The Morgan fingerprint density at radius 3 is 3.00 bits per heavy atom. The van der Waals surface area contributed by atoms with Gasteiger partial charge in [0.15, 0.2) is 0 Å². The van der Waals surface area contributed by atoms with Crippen LogP contribution in [-0.2, 0) is 9.53 Å². The largest absolute Gasteiger partial charge is 0.380 e.